The predicted octanol–water partition coefficient (Wildman–Crippen LogP) is 2.92. The number of sulfonamides is 1. The average molecular weight is 363 g/mol. The summed E-state index contributed by atoms with van der Waals surface area (Å²) in [6.07, 6.45) is -12.0. The Balaban J connectivity index is 2.71. The van der Waals surface area contributed by atoms with Crippen molar-refractivity contribution in [3.8, 4) is 0 Å². The number of halogens is 6. The van der Waals surface area contributed by atoms with E-state index < -0.39 is 50.0 Å². The van der Waals surface area contributed by atoms with E-state index in [9.17, 15) is 34.8 Å². The molecule has 4 nitrogen and oxygen atoms in total. The molecule has 1 aliphatic rings. The van der Waals surface area contributed by atoms with Crippen molar-refractivity contribution >= 4 is 10.0 Å². The van der Waals surface area contributed by atoms with Crippen LogP contribution in [-0.4, -0.2) is 43.4 Å². The highest BCUT2D eigenvalue weighted by molar-refractivity contribution is 7.89. The van der Waals surface area contributed by atoms with Gasteiger partial charge in [-0.1, -0.05) is 18.2 Å². The molecule has 1 aliphatic heterocycles. The number of hydrogen-bond acceptors (Lipinski definition) is 3. The van der Waals surface area contributed by atoms with E-state index in [1.54, 1.807) is 0 Å². The molecule has 0 aromatic heterocycles. The highest BCUT2D eigenvalue weighted by Gasteiger charge is 2.81. The molecule has 0 amide bonds. The first kappa shape index (κ1) is 18.0. The van der Waals surface area contributed by atoms with Crippen molar-refractivity contribution < 1.29 is 39.5 Å². The average Bonchev–Trinajstić information content (AvgIpc) is 2.78. The van der Waals surface area contributed by atoms with Crippen LogP contribution in [0.3, 0.4) is 0 Å². The molecule has 0 bridgehead atoms. The van der Waals surface area contributed by atoms with Gasteiger partial charge in [0.25, 0.3) is 0 Å². The molecule has 1 saturated heterocycles. The van der Waals surface area contributed by atoms with Gasteiger partial charge in [0.05, 0.1) is 11.5 Å². The molecule has 1 aromatic carbocycles. The second-order valence-electron chi connectivity index (χ2n) is 4.91. The Hall–Kier alpha value is -1.33. The largest absolute Gasteiger partial charge is 0.441 e. The van der Waals surface area contributed by atoms with Crippen LogP contribution in [0.25, 0.3) is 0 Å². The van der Waals surface area contributed by atoms with Crippen molar-refractivity contribution in [3.05, 3.63) is 30.3 Å². The van der Waals surface area contributed by atoms with Crippen molar-refractivity contribution in [1.82, 2.24) is 4.31 Å². The molecule has 23 heavy (non-hydrogen) atoms. The first-order valence-electron chi connectivity index (χ1n) is 6.22. The lowest BCUT2D eigenvalue weighted by Crippen LogP contribution is -2.67. The van der Waals surface area contributed by atoms with Crippen molar-refractivity contribution in [2.45, 2.75) is 35.9 Å². The van der Waals surface area contributed by atoms with Crippen molar-refractivity contribution in [2.24, 2.45) is 0 Å². The van der Waals surface area contributed by atoms with E-state index >= 15 is 0 Å². The van der Waals surface area contributed by atoms with Crippen molar-refractivity contribution in [2.75, 3.05) is 6.61 Å². The molecule has 2 rings (SSSR count). The summed E-state index contributed by atoms with van der Waals surface area (Å²) in [4.78, 5) is -0.685. The van der Waals surface area contributed by atoms with Gasteiger partial charge in [0.2, 0.25) is 10.0 Å². The monoisotopic (exact) mass is 363 g/mol. The van der Waals surface area contributed by atoms with Gasteiger partial charge in [-0.3, -0.25) is 0 Å². The van der Waals surface area contributed by atoms with Gasteiger partial charge in [-0.25, -0.2) is 8.42 Å². The van der Waals surface area contributed by atoms with Gasteiger partial charge < -0.3 is 4.74 Å². The Labute approximate surface area is 127 Å². The standard InChI is InChI=1S/C12H11F6NO3S/c1-8-7-22-10(11(13,14)15,12(16,17)18)19(8)23(20,21)9-5-3-2-4-6-9/h2-6,8H,7H2,1H3. The van der Waals surface area contributed by atoms with E-state index in [1.807, 2.05) is 0 Å². The summed E-state index contributed by atoms with van der Waals surface area (Å²) < 4.78 is 108. The Morgan fingerprint density at radius 3 is 2.00 bits per heavy atom. The van der Waals surface area contributed by atoms with E-state index in [0.717, 1.165) is 19.1 Å². The molecular formula is C12H11F6NO3S. The summed E-state index contributed by atoms with van der Waals surface area (Å²) in [5, 5.41) is 0. The van der Waals surface area contributed by atoms with Crippen LogP contribution in [0.15, 0.2) is 35.2 Å². The molecule has 0 N–H and O–H groups in total. The minimum absolute atomic E-state index is 0.644. The molecule has 130 valence electrons. The van der Waals surface area contributed by atoms with Crippen LogP contribution < -0.4 is 0 Å². The first-order chi connectivity index (χ1) is 10.4. The third-order valence-electron chi connectivity index (χ3n) is 3.31. The summed E-state index contributed by atoms with van der Waals surface area (Å²) in [6, 6.07) is 3.94. The molecule has 1 unspecified atom stereocenters. The minimum Gasteiger partial charge on any atom is -0.342 e. The molecule has 1 aromatic rings. The predicted molar refractivity (Wildman–Crippen MR) is 65.7 cm³/mol. The van der Waals surface area contributed by atoms with E-state index in [4.69, 9.17) is 0 Å². The molecule has 1 heterocycles. The third kappa shape index (κ3) is 2.60. The van der Waals surface area contributed by atoms with Crippen LogP contribution in [0.5, 0.6) is 0 Å². The molecule has 0 saturated carbocycles. The molecular weight excluding hydrogens is 352 g/mol. The lowest BCUT2D eigenvalue weighted by Gasteiger charge is -2.39. The molecule has 11 heteroatoms. The maximum Gasteiger partial charge on any atom is 0.441 e. The van der Waals surface area contributed by atoms with E-state index in [2.05, 4.69) is 4.74 Å². The Kier molecular flexibility index (Phi) is 4.19. The number of ether oxygens (including phenoxy) is 1. The van der Waals surface area contributed by atoms with Crippen LogP contribution >= 0.6 is 0 Å². The van der Waals surface area contributed by atoms with Gasteiger partial charge in [-0.05, 0) is 19.1 Å². The summed E-state index contributed by atoms with van der Waals surface area (Å²) in [7, 11) is -5.09. The first-order valence-corrected chi connectivity index (χ1v) is 7.66. The number of benzene rings is 1. The fourth-order valence-electron chi connectivity index (χ4n) is 2.37. The molecule has 0 radical (unpaired) electrons. The van der Waals surface area contributed by atoms with Crippen LogP contribution in [0.1, 0.15) is 6.92 Å². The smallest absolute Gasteiger partial charge is 0.342 e. The summed E-state index contributed by atoms with van der Waals surface area (Å²) in [6.45, 7) is -0.120. The second kappa shape index (κ2) is 5.35. The number of alkyl halides is 6. The van der Waals surface area contributed by atoms with Gasteiger partial charge in [-0.15, -0.1) is 4.31 Å². The van der Waals surface area contributed by atoms with E-state index in [0.29, 0.717) is 0 Å². The summed E-state index contributed by atoms with van der Waals surface area (Å²) >= 11 is 0. The van der Waals surface area contributed by atoms with Gasteiger partial charge in [0.1, 0.15) is 0 Å². The normalized spacial score (nSPS) is 23.2. The van der Waals surface area contributed by atoms with Crippen molar-refractivity contribution in [3.63, 3.8) is 0 Å². The van der Waals surface area contributed by atoms with Crippen LogP contribution in [0, 0.1) is 0 Å². The van der Waals surface area contributed by atoms with Crippen LogP contribution in [0.2, 0.25) is 0 Å². The van der Waals surface area contributed by atoms with Crippen LogP contribution in [0.4, 0.5) is 26.3 Å². The summed E-state index contributed by atoms with van der Waals surface area (Å²) in [5.41, 5.74) is -4.91. The zero-order chi connectivity index (χ0) is 17.7. The zero-order valence-corrected chi connectivity index (χ0v) is 12.3. The molecule has 0 spiro atoms. The fourth-order valence-corrected chi connectivity index (χ4v) is 4.23. The van der Waals surface area contributed by atoms with Gasteiger partial charge in [0.15, 0.2) is 0 Å². The van der Waals surface area contributed by atoms with Gasteiger partial charge >= 0.3 is 18.1 Å². The Morgan fingerprint density at radius 1 is 1.09 bits per heavy atom. The van der Waals surface area contributed by atoms with E-state index in [-0.39, 0.29) is 0 Å². The second-order valence-corrected chi connectivity index (χ2v) is 6.73. The molecule has 1 atom stereocenters. The fraction of sp³-hybridized carbons (Fsp3) is 0.500. The highest BCUT2D eigenvalue weighted by Crippen LogP contribution is 2.53. The lowest BCUT2D eigenvalue weighted by atomic mass is 10.2. The highest BCUT2D eigenvalue weighted by atomic mass is 32.2. The minimum atomic E-state index is -6.00. The molecule has 1 fully saturated rings. The van der Waals surface area contributed by atoms with Crippen LogP contribution in [-0.2, 0) is 14.8 Å². The Morgan fingerprint density at radius 2 is 1.57 bits per heavy atom. The quantitative estimate of drug-likeness (QED) is 0.759. The Bertz CT molecular complexity index is 656. The topological polar surface area (TPSA) is 46.6 Å². The maximum atomic E-state index is 13.2. The van der Waals surface area contributed by atoms with Crippen molar-refractivity contribution in [1.29, 1.82) is 0 Å². The number of hydrogen-bond donors (Lipinski definition) is 0. The zero-order valence-electron chi connectivity index (χ0n) is 11.5. The van der Waals surface area contributed by atoms with E-state index in [1.165, 1.54) is 18.2 Å². The van der Waals surface area contributed by atoms with Gasteiger partial charge in [0, 0.05) is 6.04 Å². The lowest BCUT2D eigenvalue weighted by molar-refractivity contribution is -0.395. The maximum absolute atomic E-state index is 13.2. The number of nitrogens with zero attached hydrogens (tertiary/aromatic N) is 1. The SMILES string of the molecule is CC1COC(C(F)(F)F)(C(F)(F)F)N1S(=O)(=O)c1ccccc1. The molecule has 0 aliphatic carbocycles. The number of rotatable bonds is 2. The summed E-state index contributed by atoms with van der Waals surface area (Å²) in [5.74, 6) is 0. The van der Waals surface area contributed by atoms with Gasteiger partial charge in [-0.2, -0.15) is 26.3 Å². The third-order valence-corrected chi connectivity index (χ3v) is 5.32.